The van der Waals surface area contributed by atoms with E-state index in [0.717, 1.165) is 51.4 Å². The fourth-order valence-corrected chi connectivity index (χ4v) is 3.38. The van der Waals surface area contributed by atoms with Gasteiger partial charge in [0.2, 0.25) is 0 Å². The van der Waals surface area contributed by atoms with Crippen LogP contribution in [-0.4, -0.2) is 50.1 Å². The van der Waals surface area contributed by atoms with Crippen LogP contribution >= 0.6 is 24.0 Å². The number of hydrogen-bond acceptors (Lipinski definition) is 3. The highest BCUT2D eigenvalue weighted by atomic mass is 127. The van der Waals surface area contributed by atoms with Crippen LogP contribution in [-0.2, 0) is 21.4 Å². The van der Waals surface area contributed by atoms with Crippen molar-refractivity contribution in [3.8, 4) is 0 Å². The van der Waals surface area contributed by atoms with E-state index in [1.54, 1.807) is 0 Å². The number of esters is 1. The zero-order valence-electron chi connectivity index (χ0n) is 18.0. The van der Waals surface area contributed by atoms with Crippen LogP contribution in [0.5, 0.6) is 0 Å². The van der Waals surface area contributed by atoms with Crippen LogP contribution in [0.2, 0.25) is 0 Å². The molecule has 158 valence electrons. The Morgan fingerprint density at radius 1 is 1.21 bits per heavy atom. The van der Waals surface area contributed by atoms with Gasteiger partial charge in [-0.15, -0.1) is 24.0 Å². The molecule has 0 amide bonds. The van der Waals surface area contributed by atoms with E-state index in [9.17, 15) is 4.79 Å². The van der Waals surface area contributed by atoms with Crippen molar-refractivity contribution in [1.29, 1.82) is 0 Å². The number of nitrogens with zero attached hydrogens (tertiary/aromatic N) is 2. The van der Waals surface area contributed by atoms with Gasteiger partial charge in [0.15, 0.2) is 5.96 Å². The maximum Gasteiger partial charge on any atom is 0.308 e. The number of ether oxygens (including phenoxy) is 1. The molecule has 0 radical (unpaired) electrons. The molecule has 1 aromatic carbocycles. The lowest BCUT2D eigenvalue weighted by atomic mass is 9.86. The van der Waals surface area contributed by atoms with Gasteiger partial charge in [0, 0.05) is 26.2 Å². The van der Waals surface area contributed by atoms with Gasteiger partial charge in [0.25, 0.3) is 0 Å². The normalized spacial score (nSPS) is 15.8. The Morgan fingerprint density at radius 3 is 2.32 bits per heavy atom. The molecule has 5 nitrogen and oxygen atoms in total. The third kappa shape index (κ3) is 7.26. The van der Waals surface area contributed by atoms with Gasteiger partial charge < -0.3 is 15.0 Å². The number of rotatable bonds is 5. The Bertz CT molecular complexity index is 630. The molecule has 1 aromatic rings. The minimum atomic E-state index is -0.0877. The number of guanidine groups is 1. The van der Waals surface area contributed by atoms with Crippen LogP contribution in [0.1, 0.15) is 51.7 Å². The number of halogens is 1. The van der Waals surface area contributed by atoms with Crippen LogP contribution in [0.4, 0.5) is 0 Å². The minimum Gasteiger partial charge on any atom is -0.469 e. The molecule has 0 spiro atoms. The first-order chi connectivity index (χ1) is 12.8. The van der Waals surface area contributed by atoms with E-state index < -0.39 is 0 Å². The molecule has 0 aliphatic carbocycles. The first kappa shape index (κ1) is 24.7. The molecule has 1 aliphatic heterocycles. The average Bonchev–Trinajstić information content (AvgIpc) is 2.66. The summed E-state index contributed by atoms with van der Waals surface area (Å²) in [6, 6.07) is 8.87. The summed E-state index contributed by atoms with van der Waals surface area (Å²) < 4.78 is 4.87. The summed E-state index contributed by atoms with van der Waals surface area (Å²) in [7, 11) is 1.47. The lowest BCUT2D eigenvalue weighted by Crippen LogP contribution is -2.46. The van der Waals surface area contributed by atoms with E-state index >= 15 is 0 Å². The number of piperidine rings is 1. The summed E-state index contributed by atoms with van der Waals surface area (Å²) in [4.78, 5) is 18.8. The number of carbonyl (C=O) groups is 1. The third-order valence-electron chi connectivity index (χ3n) is 5.15. The van der Waals surface area contributed by atoms with Gasteiger partial charge in [-0.3, -0.25) is 9.79 Å². The average molecular weight is 501 g/mol. The van der Waals surface area contributed by atoms with Gasteiger partial charge in [-0.2, -0.15) is 0 Å². The number of hydrogen-bond donors (Lipinski definition) is 1. The van der Waals surface area contributed by atoms with E-state index in [4.69, 9.17) is 9.73 Å². The second-order valence-electron chi connectivity index (χ2n) is 8.22. The van der Waals surface area contributed by atoms with E-state index in [2.05, 4.69) is 62.2 Å². The Hall–Kier alpha value is -1.31. The molecule has 0 atom stereocenters. The predicted molar refractivity (Wildman–Crippen MR) is 127 cm³/mol. The topological polar surface area (TPSA) is 53.9 Å². The number of nitrogens with one attached hydrogen (secondary N) is 1. The highest BCUT2D eigenvalue weighted by molar-refractivity contribution is 14.0. The second kappa shape index (κ2) is 11.6. The van der Waals surface area contributed by atoms with Gasteiger partial charge >= 0.3 is 5.97 Å². The molecule has 1 N–H and O–H groups in total. The van der Waals surface area contributed by atoms with Crippen LogP contribution in [0, 0.1) is 5.92 Å². The molecule has 1 heterocycles. The zero-order valence-corrected chi connectivity index (χ0v) is 20.3. The number of aliphatic imine (C=N–C) groups is 1. The second-order valence-corrected chi connectivity index (χ2v) is 8.22. The summed E-state index contributed by atoms with van der Waals surface area (Å²) in [5, 5.41) is 3.39. The lowest BCUT2D eigenvalue weighted by Gasteiger charge is -2.33. The van der Waals surface area contributed by atoms with Gasteiger partial charge in [-0.25, -0.2) is 0 Å². The minimum absolute atomic E-state index is 0. The maximum absolute atomic E-state index is 11.7. The Morgan fingerprint density at radius 2 is 1.82 bits per heavy atom. The van der Waals surface area contributed by atoms with Crippen molar-refractivity contribution < 1.29 is 9.53 Å². The quantitative estimate of drug-likeness (QED) is 0.287. The van der Waals surface area contributed by atoms with Gasteiger partial charge in [-0.05, 0) is 42.7 Å². The van der Waals surface area contributed by atoms with Gasteiger partial charge in [-0.1, -0.05) is 45.0 Å². The summed E-state index contributed by atoms with van der Waals surface area (Å²) in [6.45, 7) is 12.1. The maximum atomic E-state index is 11.7. The molecule has 0 saturated carbocycles. The van der Waals surface area contributed by atoms with E-state index in [-0.39, 0.29) is 41.3 Å². The Balaban J connectivity index is 0.00000392. The molecule has 28 heavy (non-hydrogen) atoms. The Kier molecular flexibility index (Phi) is 10.3. The molecule has 0 aromatic heterocycles. The van der Waals surface area contributed by atoms with E-state index in [1.165, 1.54) is 18.2 Å². The van der Waals surface area contributed by atoms with Crippen LogP contribution in [0.15, 0.2) is 29.3 Å². The summed E-state index contributed by atoms with van der Waals surface area (Å²) in [5.41, 5.74) is 2.86. The number of methoxy groups -OCH3 is 1. The van der Waals surface area contributed by atoms with Gasteiger partial charge in [0.05, 0.1) is 13.0 Å². The molecule has 0 unspecified atom stereocenters. The number of likely N-dealkylation sites (tertiary alicyclic amines) is 1. The standard InChI is InChI=1S/C22H35N3O2.HI/c1-6-23-21(25-15-12-18(13-16-25)20(26)27-5)24-14-11-17-7-9-19(10-8-17)22(2,3)4;/h7-10,18H,6,11-16H2,1-5H3,(H,23,24);1H. The Labute approximate surface area is 187 Å². The molecular weight excluding hydrogens is 465 g/mol. The number of carbonyl (C=O) groups excluding carboxylic acids is 1. The molecule has 1 fully saturated rings. The third-order valence-corrected chi connectivity index (χ3v) is 5.15. The van der Waals surface area contributed by atoms with E-state index in [0.29, 0.717) is 0 Å². The van der Waals surface area contributed by atoms with Crippen molar-refractivity contribution in [1.82, 2.24) is 10.2 Å². The van der Waals surface area contributed by atoms with Crippen LogP contribution in [0.3, 0.4) is 0 Å². The smallest absolute Gasteiger partial charge is 0.308 e. The molecule has 1 aliphatic rings. The van der Waals surface area contributed by atoms with Crippen molar-refractivity contribution in [2.75, 3.05) is 33.3 Å². The fraction of sp³-hybridized carbons (Fsp3) is 0.636. The SMILES string of the molecule is CCNC(=NCCc1ccc(C(C)(C)C)cc1)N1CCC(C(=O)OC)CC1.I. The summed E-state index contributed by atoms with van der Waals surface area (Å²) in [5.74, 6) is 0.887. The highest BCUT2D eigenvalue weighted by Crippen LogP contribution is 2.22. The lowest BCUT2D eigenvalue weighted by molar-refractivity contribution is -0.146. The van der Waals surface area contributed by atoms with Gasteiger partial charge in [0.1, 0.15) is 0 Å². The van der Waals surface area contributed by atoms with Crippen molar-refractivity contribution in [3.05, 3.63) is 35.4 Å². The van der Waals surface area contributed by atoms with Crippen molar-refractivity contribution in [3.63, 3.8) is 0 Å². The summed E-state index contributed by atoms with van der Waals surface area (Å²) >= 11 is 0. The van der Waals surface area contributed by atoms with Crippen LogP contribution in [0.25, 0.3) is 0 Å². The van der Waals surface area contributed by atoms with Crippen LogP contribution < -0.4 is 5.32 Å². The zero-order chi connectivity index (χ0) is 19.9. The molecule has 2 rings (SSSR count). The summed E-state index contributed by atoms with van der Waals surface area (Å²) in [6.07, 6.45) is 2.58. The molecule has 6 heteroatoms. The van der Waals surface area contributed by atoms with Crippen molar-refractivity contribution >= 4 is 35.9 Å². The molecule has 0 bridgehead atoms. The predicted octanol–water partition coefficient (Wildman–Crippen LogP) is 4.00. The molecule has 1 saturated heterocycles. The molecular formula is C22H36IN3O2. The first-order valence-corrected chi connectivity index (χ1v) is 10.1. The van der Waals surface area contributed by atoms with Crippen molar-refractivity contribution in [2.24, 2.45) is 10.9 Å². The number of benzene rings is 1. The van der Waals surface area contributed by atoms with Crippen molar-refractivity contribution in [2.45, 2.75) is 52.4 Å². The van der Waals surface area contributed by atoms with E-state index in [1.807, 2.05) is 0 Å². The highest BCUT2D eigenvalue weighted by Gasteiger charge is 2.26. The monoisotopic (exact) mass is 501 g/mol. The fourth-order valence-electron chi connectivity index (χ4n) is 3.38. The largest absolute Gasteiger partial charge is 0.469 e. The first-order valence-electron chi connectivity index (χ1n) is 10.1.